The Bertz CT molecular complexity index is 1040. The van der Waals surface area contributed by atoms with Gasteiger partial charge in [0, 0.05) is 31.2 Å². The largest absolute Gasteiger partial charge is 0.494 e. The lowest BCUT2D eigenvalue weighted by molar-refractivity contribution is -0.123. The van der Waals surface area contributed by atoms with Crippen molar-refractivity contribution < 1.29 is 17.9 Å². The van der Waals surface area contributed by atoms with E-state index < -0.39 is 10.0 Å². The van der Waals surface area contributed by atoms with Gasteiger partial charge in [-0.15, -0.1) is 0 Å². The molecular formula is C24H30N2O4S. The van der Waals surface area contributed by atoms with Gasteiger partial charge in [-0.2, -0.15) is 4.31 Å². The van der Waals surface area contributed by atoms with Gasteiger partial charge in [-0.05, 0) is 75.4 Å². The lowest BCUT2D eigenvalue weighted by Crippen LogP contribution is -2.45. The standard InChI is InChI=1S/C24H30N2O4S/c1-3-30-21-7-9-22(10-8-21)31(28,29)25-15-12-19(13-16-25)24(27)26-14-4-5-20-17-18(2)6-11-23(20)26/h6-11,17,19H,3-5,12-16H2,1-2H3. The summed E-state index contributed by atoms with van der Waals surface area (Å²) in [6.45, 7) is 5.95. The maximum Gasteiger partial charge on any atom is 0.243 e. The maximum atomic E-state index is 13.3. The Morgan fingerprint density at radius 2 is 1.77 bits per heavy atom. The monoisotopic (exact) mass is 442 g/mol. The number of benzene rings is 2. The van der Waals surface area contributed by atoms with Gasteiger partial charge in [0.2, 0.25) is 15.9 Å². The zero-order valence-corrected chi connectivity index (χ0v) is 19.0. The predicted octanol–water partition coefficient (Wildman–Crippen LogP) is 3.77. The highest BCUT2D eigenvalue weighted by Gasteiger charge is 2.35. The van der Waals surface area contributed by atoms with E-state index in [1.165, 1.54) is 15.4 Å². The van der Waals surface area contributed by atoms with Crippen molar-refractivity contribution in [3.05, 3.63) is 53.6 Å². The maximum absolute atomic E-state index is 13.3. The van der Waals surface area contributed by atoms with Crippen molar-refractivity contribution in [3.63, 3.8) is 0 Å². The number of hydrogen-bond acceptors (Lipinski definition) is 4. The molecule has 0 saturated carbocycles. The molecule has 2 heterocycles. The Morgan fingerprint density at radius 3 is 2.45 bits per heavy atom. The minimum absolute atomic E-state index is 0.128. The van der Waals surface area contributed by atoms with Crippen LogP contribution in [0.5, 0.6) is 5.75 Å². The van der Waals surface area contributed by atoms with E-state index in [9.17, 15) is 13.2 Å². The van der Waals surface area contributed by atoms with Crippen LogP contribution in [0.1, 0.15) is 37.3 Å². The molecule has 0 atom stereocenters. The Hall–Kier alpha value is -2.38. The summed E-state index contributed by atoms with van der Waals surface area (Å²) >= 11 is 0. The first-order valence-corrected chi connectivity index (χ1v) is 12.5. The molecule has 2 aromatic carbocycles. The minimum Gasteiger partial charge on any atom is -0.494 e. The molecule has 6 nitrogen and oxygen atoms in total. The van der Waals surface area contributed by atoms with Crippen molar-refractivity contribution in [2.45, 2.75) is 44.4 Å². The quantitative estimate of drug-likeness (QED) is 0.707. The van der Waals surface area contributed by atoms with Crippen LogP contribution in [0, 0.1) is 12.8 Å². The molecule has 0 bridgehead atoms. The van der Waals surface area contributed by atoms with Gasteiger partial charge in [0.05, 0.1) is 11.5 Å². The average Bonchev–Trinajstić information content (AvgIpc) is 2.78. The fourth-order valence-corrected chi connectivity index (χ4v) is 6.01. The number of carbonyl (C=O) groups excluding carboxylic acids is 1. The molecule has 0 unspecified atom stereocenters. The Morgan fingerprint density at radius 1 is 1.06 bits per heavy atom. The lowest BCUT2D eigenvalue weighted by Gasteiger charge is -2.36. The predicted molar refractivity (Wildman–Crippen MR) is 121 cm³/mol. The highest BCUT2D eigenvalue weighted by molar-refractivity contribution is 7.89. The Balaban J connectivity index is 1.42. The summed E-state index contributed by atoms with van der Waals surface area (Å²) in [5.74, 6) is 0.643. The Kier molecular flexibility index (Phi) is 6.34. The van der Waals surface area contributed by atoms with Crippen molar-refractivity contribution in [3.8, 4) is 5.75 Å². The average molecular weight is 443 g/mol. The summed E-state index contributed by atoms with van der Waals surface area (Å²) in [6, 6.07) is 12.8. The number of piperidine rings is 1. The highest BCUT2D eigenvalue weighted by atomic mass is 32.2. The smallest absolute Gasteiger partial charge is 0.243 e. The molecule has 0 radical (unpaired) electrons. The van der Waals surface area contributed by atoms with Crippen molar-refractivity contribution in [1.82, 2.24) is 4.31 Å². The number of ether oxygens (including phenoxy) is 1. The molecule has 0 aromatic heterocycles. The lowest BCUT2D eigenvalue weighted by atomic mass is 9.93. The normalized spacial score (nSPS) is 17.9. The number of anilines is 1. The van der Waals surface area contributed by atoms with Crippen molar-refractivity contribution in [2.75, 3.05) is 31.1 Å². The minimum atomic E-state index is -3.57. The highest BCUT2D eigenvalue weighted by Crippen LogP contribution is 2.32. The van der Waals surface area contributed by atoms with Crippen molar-refractivity contribution in [1.29, 1.82) is 0 Å². The fourth-order valence-electron chi connectivity index (χ4n) is 4.54. The summed E-state index contributed by atoms with van der Waals surface area (Å²) < 4.78 is 32.9. The van der Waals surface area contributed by atoms with E-state index in [1.54, 1.807) is 24.3 Å². The van der Waals surface area contributed by atoms with Gasteiger partial charge in [0.1, 0.15) is 5.75 Å². The molecule has 2 aliphatic rings. The molecule has 1 saturated heterocycles. The molecule has 7 heteroatoms. The van der Waals surface area contributed by atoms with Gasteiger partial charge in [0.25, 0.3) is 0 Å². The van der Waals surface area contributed by atoms with Crippen molar-refractivity contribution in [2.24, 2.45) is 5.92 Å². The van der Waals surface area contributed by atoms with Crippen LogP contribution in [-0.2, 0) is 21.2 Å². The molecule has 1 amide bonds. The number of rotatable bonds is 5. The first-order valence-electron chi connectivity index (χ1n) is 11.0. The van der Waals surface area contributed by atoms with Crippen LogP contribution in [0.4, 0.5) is 5.69 Å². The summed E-state index contributed by atoms with van der Waals surface area (Å²) in [5, 5.41) is 0. The second-order valence-electron chi connectivity index (χ2n) is 8.31. The van der Waals surface area contributed by atoms with E-state index >= 15 is 0 Å². The van der Waals surface area contributed by atoms with Gasteiger partial charge < -0.3 is 9.64 Å². The fraction of sp³-hybridized carbons (Fsp3) is 0.458. The van der Waals surface area contributed by atoms with Crippen LogP contribution in [0.3, 0.4) is 0 Å². The second kappa shape index (κ2) is 9.01. The number of nitrogens with zero attached hydrogens (tertiary/aromatic N) is 2. The van der Waals surface area contributed by atoms with Gasteiger partial charge in [0.15, 0.2) is 0 Å². The zero-order chi connectivity index (χ0) is 22.0. The van der Waals surface area contributed by atoms with E-state index in [1.807, 2.05) is 17.9 Å². The number of fused-ring (bicyclic) bond motifs is 1. The van der Waals surface area contributed by atoms with Crippen LogP contribution >= 0.6 is 0 Å². The van der Waals surface area contributed by atoms with Crippen molar-refractivity contribution >= 4 is 21.6 Å². The number of carbonyl (C=O) groups is 1. The third-order valence-corrected chi connectivity index (χ3v) is 8.11. The molecule has 1 fully saturated rings. The first kappa shape index (κ1) is 21.8. The van der Waals surface area contributed by atoms with Gasteiger partial charge in [-0.25, -0.2) is 8.42 Å². The van der Waals surface area contributed by atoms with E-state index in [0.717, 1.165) is 25.1 Å². The summed E-state index contributed by atoms with van der Waals surface area (Å²) in [4.78, 5) is 15.5. The summed E-state index contributed by atoms with van der Waals surface area (Å²) in [7, 11) is -3.57. The molecule has 31 heavy (non-hydrogen) atoms. The number of aryl methyl sites for hydroxylation is 2. The molecular weight excluding hydrogens is 412 g/mol. The summed E-state index contributed by atoms with van der Waals surface area (Å²) in [6.07, 6.45) is 3.06. The van der Waals surface area contributed by atoms with Crippen LogP contribution in [-0.4, -0.2) is 44.9 Å². The number of hydrogen-bond donors (Lipinski definition) is 0. The number of sulfonamides is 1. The van der Waals surface area contributed by atoms with E-state index in [-0.39, 0.29) is 16.7 Å². The third kappa shape index (κ3) is 4.48. The van der Waals surface area contributed by atoms with Gasteiger partial charge >= 0.3 is 0 Å². The molecule has 4 rings (SSSR count). The Labute approximate surface area is 184 Å². The molecule has 0 N–H and O–H groups in total. The molecule has 0 spiro atoms. The van der Waals surface area contributed by atoms with E-state index in [4.69, 9.17) is 4.74 Å². The SMILES string of the molecule is CCOc1ccc(S(=O)(=O)N2CCC(C(=O)N3CCCc4cc(C)ccc43)CC2)cc1. The van der Waals surface area contributed by atoms with Crippen LogP contribution in [0.15, 0.2) is 47.4 Å². The molecule has 166 valence electrons. The third-order valence-electron chi connectivity index (χ3n) is 6.20. The van der Waals surface area contributed by atoms with Crippen LogP contribution < -0.4 is 9.64 Å². The van der Waals surface area contributed by atoms with Crippen LogP contribution in [0.2, 0.25) is 0 Å². The number of amides is 1. The van der Waals surface area contributed by atoms with E-state index in [0.29, 0.717) is 38.3 Å². The van der Waals surface area contributed by atoms with Gasteiger partial charge in [-0.1, -0.05) is 17.7 Å². The molecule has 0 aliphatic carbocycles. The molecule has 2 aliphatic heterocycles. The van der Waals surface area contributed by atoms with Gasteiger partial charge in [-0.3, -0.25) is 4.79 Å². The van der Waals surface area contributed by atoms with Crippen LogP contribution in [0.25, 0.3) is 0 Å². The summed E-state index contributed by atoms with van der Waals surface area (Å²) in [5.41, 5.74) is 3.46. The molecule has 2 aromatic rings. The van der Waals surface area contributed by atoms with E-state index in [2.05, 4.69) is 19.1 Å². The second-order valence-corrected chi connectivity index (χ2v) is 10.2. The topological polar surface area (TPSA) is 66.9 Å². The first-order chi connectivity index (χ1) is 14.9. The zero-order valence-electron chi connectivity index (χ0n) is 18.2.